The van der Waals surface area contributed by atoms with Gasteiger partial charge in [-0.2, -0.15) is 0 Å². The molecular formula is C25H40FN5O. The van der Waals surface area contributed by atoms with Gasteiger partial charge in [-0.15, -0.1) is 0 Å². The Morgan fingerprint density at radius 2 is 1.91 bits per heavy atom. The zero-order chi connectivity index (χ0) is 23.5. The largest absolute Gasteiger partial charge is 0.457 e. The maximum absolute atomic E-state index is 13.4. The highest BCUT2D eigenvalue weighted by molar-refractivity contribution is 5.63. The molecule has 2 aromatic rings. The summed E-state index contributed by atoms with van der Waals surface area (Å²) in [7, 11) is 0. The van der Waals surface area contributed by atoms with Crippen molar-refractivity contribution < 1.29 is 9.13 Å². The smallest absolute Gasteiger partial charge is 0.236 e. The first-order chi connectivity index (χ1) is 15.1. The van der Waals surface area contributed by atoms with Crippen LogP contribution in [0, 0.1) is 5.41 Å². The van der Waals surface area contributed by atoms with Crippen LogP contribution < -0.4 is 10.5 Å². The number of nitrogens with zero attached hydrogens (tertiary/aromatic N) is 4. The van der Waals surface area contributed by atoms with Crippen molar-refractivity contribution >= 4 is 5.82 Å². The molecule has 1 unspecified atom stereocenters. The summed E-state index contributed by atoms with van der Waals surface area (Å²) < 4.78 is 21.0. The van der Waals surface area contributed by atoms with Crippen LogP contribution in [0.25, 0.3) is 11.3 Å². The number of anilines is 1. The first-order valence-electron chi connectivity index (χ1n) is 12.0. The molecule has 0 amide bonds. The molecule has 2 N–H and O–H groups in total. The fourth-order valence-electron chi connectivity index (χ4n) is 4.49. The third-order valence-electron chi connectivity index (χ3n) is 5.98. The van der Waals surface area contributed by atoms with Crippen molar-refractivity contribution in [2.45, 2.75) is 92.1 Å². The van der Waals surface area contributed by atoms with Gasteiger partial charge in [-0.3, -0.25) is 0 Å². The molecule has 2 heterocycles. The van der Waals surface area contributed by atoms with Crippen LogP contribution in [0.3, 0.4) is 0 Å². The van der Waals surface area contributed by atoms with Gasteiger partial charge in [0.25, 0.3) is 0 Å². The SMILES string of the molecule is CCCN(CCC)C1CC(n2cc(-c3cnc(N)c(OC(C)F)c3)nc2CC(C)(C)C)C1. The predicted molar refractivity (Wildman–Crippen MR) is 128 cm³/mol. The highest BCUT2D eigenvalue weighted by Crippen LogP contribution is 2.39. The number of hydrogen-bond donors (Lipinski definition) is 1. The maximum Gasteiger partial charge on any atom is 0.236 e. The second kappa shape index (κ2) is 10.2. The van der Waals surface area contributed by atoms with Gasteiger partial charge in [0, 0.05) is 43.4 Å². The number of halogens is 1. The quantitative estimate of drug-likeness (QED) is 0.513. The molecular weight excluding hydrogens is 405 g/mol. The second-order valence-electron chi connectivity index (χ2n) is 10.3. The average Bonchev–Trinajstić information content (AvgIpc) is 3.04. The van der Waals surface area contributed by atoms with Crippen molar-refractivity contribution in [3.63, 3.8) is 0 Å². The minimum absolute atomic E-state index is 0.122. The second-order valence-corrected chi connectivity index (χ2v) is 10.3. The molecule has 1 atom stereocenters. The number of imidazole rings is 1. The third-order valence-corrected chi connectivity index (χ3v) is 5.98. The zero-order valence-electron chi connectivity index (χ0n) is 20.6. The number of aromatic nitrogens is 3. The summed E-state index contributed by atoms with van der Waals surface area (Å²) >= 11 is 0. The van der Waals surface area contributed by atoms with E-state index >= 15 is 0 Å². The Morgan fingerprint density at radius 1 is 1.25 bits per heavy atom. The summed E-state index contributed by atoms with van der Waals surface area (Å²) in [5.41, 5.74) is 7.61. The van der Waals surface area contributed by atoms with Gasteiger partial charge < -0.3 is 19.9 Å². The Balaban J connectivity index is 1.86. The van der Waals surface area contributed by atoms with Gasteiger partial charge in [0.05, 0.1) is 5.69 Å². The first-order valence-corrected chi connectivity index (χ1v) is 12.0. The average molecular weight is 446 g/mol. The molecule has 7 heteroatoms. The van der Waals surface area contributed by atoms with E-state index in [0.29, 0.717) is 12.1 Å². The van der Waals surface area contributed by atoms with Crippen molar-refractivity contribution in [2.24, 2.45) is 5.41 Å². The van der Waals surface area contributed by atoms with Gasteiger partial charge in [-0.05, 0) is 50.3 Å². The van der Waals surface area contributed by atoms with Gasteiger partial charge in [0.2, 0.25) is 6.36 Å². The molecule has 0 aliphatic heterocycles. The minimum atomic E-state index is -1.45. The summed E-state index contributed by atoms with van der Waals surface area (Å²) in [5.74, 6) is 1.52. The summed E-state index contributed by atoms with van der Waals surface area (Å²) in [6, 6.07) is 2.84. The zero-order valence-corrected chi connectivity index (χ0v) is 20.6. The van der Waals surface area contributed by atoms with Gasteiger partial charge >= 0.3 is 0 Å². The van der Waals surface area contributed by atoms with Crippen LogP contribution in [0.2, 0.25) is 0 Å². The Morgan fingerprint density at radius 3 is 2.47 bits per heavy atom. The highest BCUT2D eigenvalue weighted by Gasteiger charge is 2.36. The van der Waals surface area contributed by atoms with Gasteiger partial charge in [0.1, 0.15) is 5.82 Å². The molecule has 32 heavy (non-hydrogen) atoms. The molecule has 1 aliphatic rings. The predicted octanol–water partition coefficient (Wildman–Crippen LogP) is 5.64. The van der Waals surface area contributed by atoms with Gasteiger partial charge in [0.15, 0.2) is 11.6 Å². The van der Waals surface area contributed by atoms with E-state index in [1.807, 2.05) is 0 Å². The third kappa shape index (κ3) is 6.00. The molecule has 0 radical (unpaired) electrons. The summed E-state index contributed by atoms with van der Waals surface area (Å²) in [6.07, 6.45) is 7.93. The Hall–Kier alpha value is -2.15. The Labute approximate surface area is 192 Å². The lowest BCUT2D eigenvalue weighted by atomic mass is 9.84. The molecule has 6 nitrogen and oxygen atoms in total. The molecule has 1 aliphatic carbocycles. The van der Waals surface area contributed by atoms with E-state index in [0.717, 1.165) is 36.3 Å². The lowest BCUT2D eigenvalue weighted by Crippen LogP contribution is -2.46. The molecule has 0 saturated heterocycles. The summed E-state index contributed by atoms with van der Waals surface area (Å²) in [5, 5.41) is 0. The molecule has 0 spiro atoms. The number of nitrogens with two attached hydrogens (primary N) is 1. The van der Waals surface area contributed by atoms with Crippen LogP contribution in [0.4, 0.5) is 10.2 Å². The van der Waals surface area contributed by atoms with Gasteiger partial charge in [-0.25, -0.2) is 14.4 Å². The number of rotatable bonds is 10. The monoisotopic (exact) mass is 445 g/mol. The van der Waals surface area contributed by atoms with Crippen LogP contribution in [0.15, 0.2) is 18.5 Å². The highest BCUT2D eigenvalue weighted by atomic mass is 19.1. The molecule has 2 aromatic heterocycles. The van der Waals surface area contributed by atoms with Crippen LogP contribution in [-0.4, -0.2) is 44.9 Å². The molecule has 1 saturated carbocycles. The number of nitrogen functional groups attached to an aromatic ring is 1. The van der Waals surface area contributed by atoms with E-state index in [2.05, 4.69) is 55.3 Å². The molecule has 1 fully saturated rings. The fraction of sp³-hybridized carbons (Fsp3) is 0.680. The number of pyridine rings is 1. The minimum Gasteiger partial charge on any atom is -0.457 e. The normalized spacial score (nSPS) is 19.8. The Kier molecular flexibility index (Phi) is 7.80. The molecule has 3 rings (SSSR count). The van der Waals surface area contributed by atoms with E-state index in [9.17, 15) is 4.39 Å². The van der Waals surface area contributed by atoms with E-state index in [-0.39, 0.29) is 17.0 Å². The standard InChI is InChI=1S/C25H40FN5O/c1-7-9-30(10-8-2)19-12-20(13-19)31-16-21(29-23(31)14-25(4,5)6)18-11-22(32-17(3)26)24(27)28-15-18/h11,15-17,19-20H,7-10,12-14H2,1-6H3,(H2,27,28). The van der Waals surface area contributed by atoms with E-state index < -0.39 is 6.36 Å². The molecule has 0 aromatic carbocycles. The Bertz CT molecular complexity index is 877. The van der Waals surface area contributed by atoms with Crippen LogP contribution >= 0.6 is 0 Å². The number of ether oxygens (including phenoxy) is 1. The van der Waals surface area contributed by atoms with Crippen molar-refractivity contribution in [1.82, 2.24) is 19.4 Å². The van der Waals surface area contributed by atoms with E-state index in [1.165, 1.54) is 32.9 Å². The van der Waals surface area contributed by atoms with E-state index in [1.54, 1.807) is 12.3 Å². The summed E-state index contributed by atoms with van der Waals surface area (Å²) in [4.78, 5) is 11.8. The van der Waals surface area contributed by atoms with E-state index in [4.69, 9.17) is 15.5 Å². The summed E-state index contributed by atoms with van der Waals surface area (Å²) in [6.45, 7) is 14.9. The van der Waals surface area contributed by atoms with Crippen molar-refractivity contribution in [3.8, 4) is 17.0 Å². The van der Waals surface area contributed by atoms with Crippen molar-refractivity contribution in [1.29, 1.82) is 0 Å². The van der Waals surface area contributed by atoms with Crippen LogP contribution in [0.5, 0.6) is 5.75 Å². The topological polar surface area (TPSA) is 69.2 Å². The van der Waals surface area contributed by atoms with Crippen molar-refractivity contribution in [2.75, 3.05) is 18.8 Å². The number of alkyl halides is 1. The maximum atomic E-state index is 13.4. The van der Waals surface area contributed by atoms with Crippen LogP contribution in [0.1, 0.15) is 79.1 Å². The lowest BCUT2D eigenvalue weighted by molar-refractivity contribution is 0.0807. The first kappa shape index (κ1) is 24.5. The number of hydrogen-bond acceptors (Lipinski definition) is 5. The fourth-order valence-corrected chi connectivity index (χ4v) is 4.49. The van der Waals surface area contributed by atoms with Crippen molar-refractivity contribution in [3.05, 3.63) is 24.3 Å². The molecule has 178 valence electrons. The van der Waals surface area contributed by atoms with Crippen LogP contribution in [-0.2, 0) is 6.42 Å². The lowest BCUT2D eigenvalue weighted by Gasteiger charge is -2.44. The molecule has 0 bridgehead atoms. The van der Waals surface area contributed by atoms with Gasteiger partial charge in [-0.1, -0.05) is 34.6 Å².